The molecule has 0 fully saturated rings. The van der Waals surface area contributed by atoms with E-state index in [1.54, 1.807) is 6.92 Å². The molecular formula is C7H15O5P. The van der Waals surface area contributed by atoms with Crippen LogP contribution in [0.3, 0.4) is 0 Å². The average molecular weight is 210 g/mol. The molecule has 0 aliphatic carbocycles. The smallest absolute Gasteiger partial charge is 0.412 e. The Labute approximate surface area is 77.6 Å². The first-order valence-electron chi connectivity index (χ1n) is 4.00. The van der Waals surface area contributed by atoms with E-state index in [0.717, 1.165) is 6.26 Å². The fourth-order valence-electron chi connectivity index (χ4n) is 0.616. The second-order valence-corrected chi connectivity index (χ2v) is 3.75. The van der Waals surface area contributed by atoms with Crippen LogP contribution in [0, 0.1) is 0 Å². The van der Waals surface area contributed by atoms with Crippen LogP contribution in [-0.4, -0.2) is 16.3 Å². The maximum Gasteiger partial charge on any atom is 0.529 e. The minimum Gasteiger partial charge on any atom is -0.412 e. The predicted molar refractivity (Wildman–Crippen MR) is 47.7 cm³/mol. The van der Waals surface area contributed by atoms with Crippen LogP contribution in [0.2, 0.25) is 0 Å². The molecule has 0 radical (unpaired) electrons. The molecular weight excluding hydrogens is 195 g/mol. The lowest BCUT2D eigenvalue weighted by molar-refractivity contribution is -0.0424. The van der Waals surface area contributed by atoms with E-state index in [2.05, 4.69) is 9.05 Å². The van der Waals surface area contributed by atoms with Crippen molar-refractivity contribution in [2.45, 2.75) is 33.0 Å². The van der Waals surface area contributed by atoms with E-state index in [-0.39, 0.29) is 0 Å². The number of aliphatic hydroxyl groups excluding tert-OH is 1. The molecule has 0 saturated carbocycles. The number of allylic oxidation sites excluding steroid dienone is 1. The Hall–Kier alpha value is -0.350. The van der Waals surface area contributed by atoms with Gasteiger partial charge in [-0.25, -0.2) is 9.09 Å². The second-order valence-electron chi connectivity index (χ2n) is 2.39. The standard InChI is InChI=1S/C7H15O5P/c1-3-5-7(8)12-13(9,10)11-6-4-2/h4,6-8H,3,5H2,1-2H3,(H,9,10). The summed E-state index contributed by atoms with van der Waals surface area (Å²) in [5.74, 6) is 0. The van der Waals surface area contributed by atoms with Gasteiger partial charge in [-0.05, 0) is 13.3 Å². The van der Waals surface area contributed by atoms with Gasteiger partial charge in [-0.2, -0.15) is 0 Å². The van der Waals surface area contributed by atoms with E-state index in [1.807, 2.05) is 6.92 Å². The van der Waals surface area contributed by atoms with Crippen LogP contribution >= 0.6 is 7.82 Å². The second kappa shape index (κ2) is 6.16. The van der Waals surface area contributed by atoms with Crippen molar-refractivity contribution < 1.29 is 23.6 Å². The van der Waals surface area contributed by atoms with Crippen LogP contribution in [0.5, 0.6) is 0 Å². The molecule has 0 bridgehead atoms. The largest absolute Gasteiger partial charge is 0.529 e. The molecule has 2 atom stereocenters. The van der Waals surface area contributed by atoms with Crippen LogP contribution in [0.4, 0.5) is 0 Å². The van der Waals surface area contributed by atoms with Gasteiger partial charge in [-0.15, -0.1) is 0 Å². The highest BCUT2D eigenvalue weighted by molar-refractivity contribution is 7.47. The van der Waals surface area contributed by atoms with Crippen molar-refractivity contribution in [3.8, 4) is 0 Å². The summed E-state index contributed by atoms with van der Waals surface area (Å²) in [6.45, 7) is 3.45. The number of rotatable bonds is 6. The van der Waals surface area contributed by atoms with Crippen molar-refractivity contribution in [3.05, 3.63) is 12.3 Å². The molecule has 0 amide bonds. The summed E-state index contributed by atoms with van der Waals surface area (Å²) in [4.78, 5) is 8.94. The normalized spacial score (nSPS) is 18.5. The zero-order valence-electron chi connectivity index (χ0n) is 7.71. The molecule has 0 aromatic heterocycles. The summed E-state index contributed by atoms with van der Waals surface area (Å²) in [7, 11) is -4.13. The molecule has 6 heteroatoms. The van der Waals surface area contributed by atoms with Gasteiger partial charge in [0.2, 0.25) is 0 Å². The van der Waals surface area contributed by atoms with Crippen molar-refractivity contribution in [1.82, 2.24) is 0 Å². The van der Waals surface area contributed by atoms with Crippen molar-refractivity contribution in [1.29, 1.82) is 0 Å². The van der Waals surface area contributed by atoms with Gasteiger partial charge in [0, 0.05) is 0 Å². The topological polar surface area (TPSA) is 76.0 Å². The first-order chi connectivity index (χ1) is 6.02. The van der Waals surface area contributed by atoms with Gasteiger partial charge in [0.15, 0.2) is 6.29 Å². The molecule has 2 unspecified atom stereocenters. The molecule has 0 aromatic carbocycles. The lowest BCUT2D eigenvalue weighted by atomic mass is 10.3. The van der Waals surface area contributed by atoms with Gasteiger partial charge in [-0.1, -0.05) is 19.4 Å². The summed E-state index contributed by atoms with van der Waals surface area (Å²) in [6.07, 6.45) is 2.18. The number of aliphatic hydroxyl groups is 1. The van der Waals surface area contributed by atoms with Crippen molar-refractivity contribution in [3.63, 3.8) is 0 Å². The molecule has 0 saturated heterocycles. The van der Waals surface area contributed by atoms with Crippen LogP contribution in [0.25, 0.3) is 0 Å². The maximum atomic E-state index is 11.0. The van der Waals surface area contributed by atoms with Gasteiger partial charge in [0.1, 0.15) is 0 Å². The van der Waals surface area contributed by atoms with Gasteiger partial charge >= 0.3 is 7.82 Å². The van der Waals surface area contributed by atoms with Crippen LogP contribution in [-0.2, 0) is 13.6 Å². The minimum absolute atomic E-state index is 0.295. The Kier molecular flexibility index (Phi) is 5.99. The molecule has 0 spiro atoms. The summed E-state index contributed by atoms with van der Waals surface area (Å²) >= 11 is 0. The Morgan fingerprint density at radius 3 is 2.69 bits per heavy atom. The predicted octanol–water partition coefficient (Wildman–Crippen LogP) is 1.77. The van der Waals surface area contributed by atoms with E-state index in [1.165, 1.54) is 6.08 Å². The van der Waals surface area contributed by atoms with E-state index < -0.39 is 14.1 Å². The van der Waals surface area contributed by atoms with Crippen molar-refractivity contribution in [2.24, 2.45) is 0 Å². The molecule has 0 aliphatic heterocycles. The SMILES string of the molecule is CC=COP(=O)(O)OC(O)CCC. The van der Waals surface area contributed by atoms with Gasteiger partial charge in [-0.3, -0.25) is 4.89 Å². The monoisotopic (exact) mass is 210 g/mol. The molecule has 0 heterocycles. The zero-order chi connectivity index (χ0) is 10.3. The summed E-state index contributed by atoms with van der Waals surface area (Å²) in [6, 6.07) is 0. The van der Waals surface area contributed by atoms with Crippen LogP contribution in [0.15, 0.2) is 12.3 Å². The third-order valence-electron chi connectivity index (χ3n) is 1.12. The molecule has 0 aromatic rings. The highest BCUT2D eigenvalue weighted by atomic mass is 31.2. The fourth-order valence-corrected chi connectivity index (χ4v) is 1.35. The van der Waals surface area contributed by atoms with Gasteiger partial charge in [0.05, 0.1) is 6.26 Å². The average Bonchev–Trinajstić information content (AvgIpc) is 2.00. The summed E-state index contributed by atoms with van der Waals surface area (Å²) < 4.78 is 19.7. The van der Waals surface area contributed by atoms with E-state index in [0.29, 0.717) is 12.8 Å². The lowest BCUT2D eigenvalue weighted by Crippen LogP contribution is -2.09. The molecule has 78 valence electrons. The number of phosphoric acid groups is 1. The summed E-state index contributed by atoms with van der Waals surface area (Å²) in [5.41, 5.74) is 0. The number of hydrogen-bond acceptors (Lipinski definition) is 4. The van der Waals surface area contributed by atoms with Crippen molar-refractivity contribution in [2.75, 3.05) is 0 Å². The fraction of sp³-hybridized carbons (Fsp3) is 0.714. The van der Waals surface area contributed by atoms with Crippen molar-refractivity contribution >= 4 is 7.82 Å². The molecule has 2 N–H and O–H groups in total. The minimum atomic E-state index is -4.13. The Morgan fingerprint density at radius 1 is 1.62 bits per heavy atom. The van der Waals surface area contributed by atoms with E-state index in [4.69, 9.17) is 10.00 Å². The third-order valence-corrected chi connectivity index (χ3v) is 2.02. The summed E-state index contributed by atoms with van der Waals surface area (Å²) in [5, 5.41) is 9.03. The maximum absolute atomic E-state index is 11.0. The van der Waals surface area contributed by atoms with Gasteiger partial charge in [0.25, 0.3) is 0 Å². The van der Waals surface area contributed by atoms with Crippen LogP contribution < -0.4 is 0 Å². The zero-order valence-corrected chi connectivity index (χ0v) is 8.61. The Bertz CT molecular complexity index is 203. The molecule has 0 rings (SSSR count). The highest BCUT2D eigenvalue weighted by Crippen LogP contribution is 2.44. The molecule has 13 heavy (non-hydrogen) atoms. The lowest BCUT2D eigenvalue weighted by Gasteiger charge is -2.14. The van der Waals surface area contributed by atoms with E-state index in [9.17, 15) is 4.57 Å². The van der Waals surface area contributed by atoms with Crippen LogP contribution in [0.1, 0.15) is 26.7 Å². The molecule has 5 nitrogen and oxygen atoms in total. The highest BCUT2D eigenvalue weighted by Gasteiger charge is 2.24. The quantitative estimate of drug-likeness (QED) is 0.397. The Morgan fingerprint density at radius 2 is 2.23 bits per heavy atom. The first kappa shape index (κ1) is 12.7. The van der Waals surface area contributed by atoms with E-state index >= 15 is 0 Å². The third kappa shape index (κ3) is 6.78. The van der Waals surface area contributed by atoms with Gasteiger partial charge < -0.3 is 9.63 Å². The first-order valence-corrected chi connectivity index (χ1v) is 5.50. The number of phosphoric ester groups is 1. The Balaban J connectivity index is 3.93. The molecule has 0 aliphatic rings. The number of hydrogen-bond donors (Lipinski definition) is 2.